The van der Waals surface area contributed by atoms with Crippen LogP contribution in [0, 0.1) is 0 Å². The maximum Gasteiger partial charge on any atom is 0.177 e. The SMILES string of the molecule is CCC(NC)c1nc2ncccc2[nH]1. The van der Waals surface area contributed by atoms with Gasteiger partial charge in [-0.15, -0.1) is 0 Å². The molecular weight excluding hydrogens is 176 g/mol. The van der Waals surface area contributed by atoms with E-state index in [4.69, 9.17) is 0 Å². The number of hydrogen-bond donors (Lipinski definition) is 2. The highest BCUT2D eigenvalue weighted by Crippen LogP contribution is 2.15. The van der Waals surface area contributed by atoms with Crippen molar-refractivity contribution in [1.29, 1.82) is 0 Å². The fourth-order valence-corrected chi connectivity index (χ4v) is 1.56. The van der Waals surface area contributed by atoms with Crippen molar-refractivity contribution in [3.8, 4) is 0 Å². The number of rotatable bonds is 3. The Bertz CT molecular complexity index is 384. The molecule has 0 saturated carbocycles. The van der Waals surface area contributed by atoms with Gasteiger partial charge in [-0.05, 0) is 25.6 Å². The van der Waals surface area contributed by atoms with Crippen LogP contribution in [0.25, 0.3) is 11.2 Å². The van der Waals surface area contributed by atoms with Gasteiger partial charge in [0.15, 0.2) is 5.65 Å². The number of nitrogens with zero attached hydrogens (tertiary/aromatic N) is 2. The lowest BCUT2D eigenvalue weighted by atomic mass is 10.2. The summed E-state index contributed by atoms with van der Waals surface area (Å²) in [6.07, 6.45) is 2.77. The Hall–Kier alpha value is -1.42. The van der Waals surface area contributed by atoms with Crippen molar-refractivity contribution in [2.45, 2.75) is 19.4 Å². The molecule has 0 saturated heterocycles. The average Bonchev–Trinajstić information content (AvgIpc) is 2.63. The molecule has 2 aromatic heterocycles. The topological polar surface area (TPSA) is 53.6 Å². The molecule has 2 aromatic rings. The number of pyridine rings is 1. The van der Waals surface area contributed by atoms with E-state index >= 15 is 0 Å². The van der Waals surface area contributed by atoms with Gasteiger partial charge in [0.2, 0.25) is 0 Å². The monoisotopic (exact) mass is 190 g/mol. The van der Waals surface area contributed by atoms with Crippen LogP contribution in [0.5, 0.6) is 0 Å². The zero-order chi connectivity index (χ0) is 9.97. The van der Waals surface area contributed by atoms with Gasteiger partial charge in [0.25, 0.3) is 0 Å². The minimum absolute atomic E-state index is 0.282. The highest BCUT2D eigenvalue weighted by molar-refractivity contribution is 5.69. The van der Waals surface area contributed by atoms with Crippen molar-refractivity contribution >= 4 is 11.2 Å². The summed E-state index contributed by atoms with van der Waals surface area (Å²) in [4.78, 5) is 11.9. The molecule has 0 aliphatic rings. The molecule has 4 nitrogen and oxygen atoms in total. The van der Waals surface area contributed by atoms with E-state index in [1.54, 1.807) is 6.20 Å². The van der Waals surface area contributed by atoms with Gasteiger partial charge in [-0.2, -0.15) is 0 Å². The number of imidazole rings is 1. The van der Waals surface area contributed by atoms with Crippen LogP contribution in [0.15, 0.2) is 18.3 Å². The first kappa shape index (κ1) is 9.15. The Morgan fingerprint density at radius 2 is 2.43 bits per heavy atom. The van der Waals surface area contributed by atoms with Gasteiger partial charge in [-0.3, -0.25) is 0 Å². The molecule has 14 heavy (non-hydrogen) atoms. The Morgan fingerprint density at radius 3 is 3.07 bits per heavy atom. The number of aromatic amines is 1. The fraction of sp³-hybridized carbons (Fsp3) is 0.400. The molecule has 4 heteroatoms. The van der Waals surface area contributed by atoms with Gasteiger partial charge in [-0.25, -0.2) is 9.97 Å². The summed E-state index contributed by atoms with van der Waals surface area (Å²) in [5, 5.41) is 3.21. The normalized spacial score (nSPS) is 13.3. The van der Waals surface area contributed by atoms with Gasteiger partial charge in [0.05, 0.1) is 11.6 Å². The summed E-state index contributed by atoms with van der Waals surface area (Å²) in [6, 6.07) is 4.18. The molecular formula is C10H14N4. The van der Waals surface area contributed by atoms with Crippen LogP contribution in [-0.2, 0) is 0 Å². The van der Waals surface area contributed by atoms with Crippen LogP contribution in [0.4, 0.5) is 0 Å². The number of aromatic nitrogens is 3. The molecule has 0 aliphatic heterocycles. The van der Waals surface area contributed by atoms with Crippen molar-refractivity contribution in [2.24, 2.45) is 0 Å². The number of nitrogens with one attached hydrogen (secondary N) is 2. The highest BCUT2D eigenvalue weighted by Gasteiger charge is 2.11. The molecule has 2 rings (SSSR count). The van der Waals surface area contributed by atoms with Crippen molar-refractivity contribution in [1.82, 2.24) is 20.3 Å². The first-order valence-electron chi connectivity index (χ1n) is 4.83. The predicted molar refractivity (Wildman–Crippen MR) is 56.0 cm³/mol. The lowest BCUT2D eigenvalue weighted by Gasteiger charge is -2.09. The third kappa shape index (κ3) is 1.48. The van der Waals surface area contributed by atoms with Crippen molar-refractivity contribution in [2.75, 3.05) is 7.05 Å². The number of fused-ring (bicyclic) bond motifs is 1. The lowest BCUT2D eigenvalue weighted by Crippen LogP contribution is -2.16. The standard InChI is InChI=1S/C10H14N4/c1-3-7(11-2)10-13-8-5-4-6-12-9(8)14-10/h4-7,11H,3H2,1-2H3,(H,12,13,14). The molecule has 0 fully saturated rings. The summed E-state index contributed by atoms with van der Waals surface area (Å²) in [6.45, 7) is 2.13. The smallest absolute Gasteiger partial charge is 0.177 e. The quantitative estimate of drug-likeness (QED) is 0.773. The molecule has 0 aliphatic carbocycles. The van der Waals surface area contributed by atoms with Crippen LogP contribution in [0.3, 0.4) is 0 Å². The second-order valence-electron chi connectivity index (χ2n) is 3.25. The number of H-pyrrole nitrogens is 1. The molecule has 2 heterocycles. The van der Waals surface area contributed by atoms with Crippen LogP contribution in [0.1, 0.15) is 25.2 Å². The Balaban J connectivity index is 2.43. The molecule has 0 bridgehead atoms. The minimum Gasteiger partial charge on any atom is -0.339 e. The maximum atomic E-state index is 4.43. The van der Waals surface area contributed by atoms with E-state index in [1.165, 1.54) is 0 Å². The van der Waals surface area contributed by atoms with E-state index in [1.807, 2.05) is 19.2 Å². The van der Waals surface area contributed by atoms with Crippen molar-refractivity contribution in [3.63, 3.8) is 0 Å². The summed E-state index contributed by atoms with van der Waals surface area (Å²) in [5.74, 6) is 0.962. The predicted octanol–water partition coefficient (Wildman–Crippen LogP) is 1.63. The summed E-state index contributed by atoms with van der Waals surface area (Å²) in [5.41, 5.74) is 1.78. The summed E-state index contributed by atoms with van der Waals surface area (Å²) < 4.78 is 0. The van der Waals surface area contributed by atoms with Crippen molar-refractivity contribution < 1.29 is 0 Å². The zero-order valence-electron chi connectivity index (χ0n) is 8.41. The Labute approximate surface area is 82.8 Å². The van der Waals surface area contributed by atoms with Gasteiger partial charge < -0.3 is 10.3 Å². The van der Waals surface area contributed by atoms with E-state index in [9.17, 15) is 0 Å². The largest absolute Gasteiger partial charge is 0.339 e. The van der Waals surface area contributed by atoms with E-state index in [0.717, 1.165) is 23.4 Å². The maximum absolute atomic E-state index is 4.43. The Kier molecular flexibility index (Phi) is 2.45. The lowest BCUT2D eigenvalue weighted by molar-refractivity contribution is 0.551. The van der Waals surface area contributed by atoms with Gasteiger partial charge in [0.1, 0.15) is 5.82 Å². The first-order chi connectivity index (χ1) is 6.85. The van der Waals surface area contributed by atoms with E-state index < -0.39 is 0 Å². The minimum atomic E-state index is 0.282. The zero-order valence-corrected chi connectivity index (χ0v) is 8.41. The fourth-order valence-electron chi connectivity index (χ4n) is 1.56. The van der Waals surface area contributed by atoms with Crippen LogP contribution in [-0.4, -0.2) is 22.0 Å². The summed E-state index contributed by atoms with van der Waals surface area (Å²) in [7, 11) is 1.94. The van der Waals surface area contributed by atoms with Crippen LogP contribution < -0.4 is 5.32 Å². The molecule has 2 N–H and O–H groups in total. The van der Waals surface area contributed by atoms with Gasteiger partial charge >= 0.3 is 0 Å². The number of hydrogen-bond acceptors (Lipinski definition) is 3. The van der Waals surface area contributed by atoms with E-state index in [0.29, 0.717) is 0 Å². The second-order valence-corrected chi connectivity index (χ2v) is 3.25. The van der Waals surface area contributed by atoms with Crippen LogP contribution >= 0.6 is 0 Å². The third-order valence-corrected chi connectivity index (χ3v) is 2.36. The molecule has 0 aromatic carbocycles. The average molecular weight is 190 g/mol. The molecule has 74 valence electrons. The third-order valence-electron chi connectivity index (χ3n) is 2.36. The molecule has 1 unspecified atom stereocenters. The van der Waals surface area contributed by atoms with Gasteiger partial charge in [0, 0.05) is 6.20 Å². The van der Waals surface area contributed by atoms with E-state index in [-0.39, 0.29) is 6.04 Å². The van der Waals surface area contributed by atoms with Gasteiger partial charge in [-0.1, -0.05) is 6.92 Å². The highest BCUT2D eigenvalue weighted by atomic mass is 15.0. The Morgan fingerprint density at radius 1 is 1.57 bits per heavy atom. The van der Waals surface area contributed by atoms with Crippen molar-refractivity contribution in [3.05, 3.63) is 24.2 Å². The molecule has 0 spiro atoms. The van der Waals surface area contributed by atoms with Crippen LogP contribution in [0.2, 0.25) is 0 Å². The molecule has 0 amide bonds. The van der Waals surface area contributed by atoms with E-state index in [2.05, 4.69) is 27.2 Å². The first-order valence-corrected chi connectivity index (χ1v) is 4.83. The molecule has 1 atom stereocenters. The summed E-state index contributed by atoms with van der Waals surface area (Å²) >= 11 is 0. The molecule has 0 radical (unpaired) electrons. The second kappa shape index (κ2) is 3.75.